The molecule has 1 aromatic carbocycles. The van der Waals surface area contributed by atoms with Crippen molar-refractivity contribution < 1.29 is 28.6 Å². The van der Waals surface area contributed by atoms with Crippen molar-refractivity contribution in [1.29, 1.82) is 0 Å². The maximum atomic E-state index is 12.9. The third kappa shape index (κ3) is 3.95. The number of thioether (sulfide) groups is 2. The summed E-state index contributed by atoms with van der Waals surface area (Å²) in [6.45, 7) is 5.57. The van der Waals surface area contributed by atoms with Crippen LogP contribution in [0.3, 0.4) is 0 Å². The SMILES string of the molecule is CCC(=O)N1c2ccc(OC)cc2C(=C2SC(C(=O)OC)=C(C(=O)OC)S2)C(=S)C1(C)C. The van der Waals surface area contributed by atoms with Crippen LogP contribution in [-0.4, -0.2) is 49.6 Å². The fraction of sp³-hybridized carbons (Fsp3) is 0.364. The molecule has 3 rings (SSSR count). The highest BCUT2D eigenvalue weighted by atomic mass is 32.2. The van der Waals surface area contributed by atoms with Gasteiger partial charge < -0.3 is 19.1 Å². The number of fused-ring (bicyclic) bond motifs is 1. The fourth-order valence-corrected chi connectivity index (χ4v) is 6.56. The molecular formula is C22H23NO6S3. The molecule has 0 saturated heterocycles. The lowest BCUT2D eigenvalue weighted by atomic mass is 9.83. The normalized spacial score (nSPS) is 17.3. The van der Waals surface area contributed by atoms with Gasteiger partial charge in [-0.25, -0.2) is 9.59 Å². The number of methoxy groups -OCH3 is 3. The Hall–Kier alpha value is -2.30. The van der Waals surface area contributed by atoms with Gasteiger partial charge in [-0.3, -0.25) is 4.79 Å². The van der Waals surface area contributed by atoms with Crippen LogP contribution in [0.25, 0.3) is 5.57 Å². The topological polar surface area (TPSA) is 82.1 Å². The van der Waals surface area contributed by atoms with Crippen LogP contribution < -0.4 is 9.64 Å². The molecule has 2 aliphatic heterocycles. The van der Waals surface area contributed by atoms with Gasteiger partial charge in [0.1, 0.15) is 15.6 Å². The number of thiocarbonyl (C=S) groups is 1. The van der Waals surface area contributed by atoms with E-state index in [0.717, 1.165) is 23.5 Å². The Morgan fingerprint density at radius 3 is 2.06 bits per heavy atom. The molecule has 0 unspecified atom stereocenters. The first-order chi connectivity index (χ1) is 15.1. The Bertz CT molecular complexity index is 1060. The molecule has 32 heavy (non-hydrogen) atoms. The van der Waals surface area contributed by atoms with E-state index in [-0.39, 0.29) is 15.7 Å². The summed E-state index contributed by atoms with van der Waals surface area (Å²) in [5, 5.41) is 0. The monoisotopic (exact) mass is 493 g/mol. The molecule has 0 saturated carbocycles. The van der Waals surface area contributed by atoms with Crippen LogP contribution in [0.4, 0.5) is 5.69 Å². The molecule has 0 N–H and O–H groups in total. The lowest BCUT2D eigenvalue weighted by Gasteiger charge is -2.45. The molecule has 1 amide bonds. The van der Waals surface area contributed by atoms with Crippen molar-refractivity contribution in [1.82, 2.24) is 0 Å². The van der Waals surface area contributed by atoms with Gasteiger partial charge in [0.15, 0.2) is 0 Å². The first kappa shape index (κ1) is 24.3. The van der Waals surface area contributed by atoms with Gasteiger partial charge in [0.25, 0.3) is 0 Å². The lowest BCUT2D eigenvalue weighted by molar-refractivity contribution is -0.138. The number of rotatable bonds is 4. The molecule has 10 heteroatoms. The van der Waals surface area contributed by atoms with Crippen LogP contribution in [-0.2, 0) is 23.9 Å². The first-order valence-electron chi connectivity index (χ1n) is 9.69. The van der Waals surface area contributed by atoms with Gasteiger partial charge >= 0.3 is 11.9 Å². The van der Waals surface area contributed by atoms with Gasteiger partial charge in [-0.05, 0) is 32.0 Å². The van der Waals surface area contributed by atoms with E-state index in [1.165, 1.54) is 14.2 Å². The zero-order valence-electron chi connectivity index (χ0n) is 18.6. The average molecular weight is 494 g/mol. The van der Waals surface area contributed by atoms with E-state index in [2.05, 4.69) is 0 Å². The largest absolute Gasteiger partial charge is 0.497 e. The van der Waals surface area contributed by atoms with Crippen LogP contribution in [0, 0.1) is 0 Å². The van der Waals surface area contributed by atoms with Crippen molar-refractivity contribution in [2.75, 3.05) is 26.2 Å². The predicted molar refractivity (Wildman–Crippen MR) is 131 cm³/mol. The van der Waals surface area contributed by atoms with Gasteiger partial charge in [0.05, 0.1) is 41.7 Å². The summed E-state index contributed by atoms with van der Waals surface area (Å²) in [5.41, 5.74) is 1.24. The van der Waals surface area contributed by atoms with Gasteiger partial charge in [-0.2, -0.15) is 0 Å². The second-order valence-corrected chi connectivity index (χ2v) is 10.1. The summed E-state index contributed by atoms with van der Waals surface area (Å²) >= 11 is 8.12. The number of hydrogen-bond donors (Lipinski definition) is 0. The number of nitrogens with zero attached hydrogens (tertiary/aromatic N) is 1. The first-order valence-corrected chi connectivity index (χ1v) is 11.7. The summed E-state index contributed by atoms with van der Waals surface area (Å²) in [6, 6.07) is 5.42. The van der Waals surface area contributed by atoms with Crippen LogP contribution in [0.15, 0.2) is 32.2 Å². The summed E-state index contributed by atoms with van der Waals surface area (Å²) in [4.78, 5) is 40.1. The Morgan fingerprint density at radius 1 is 1.03 bits per heavy atom. The molecular weight excluding hydrogens is 470 g/mol. The number of ether oxygens (including phenoxy) is 3. The number of esters is 2. The van der Waals surface area contributed by atoms with E-state index in [9.17, 15) is 14.4 Å². The third-order valence-corrected chi connectivity index (χ3v) is 8.41. The van der Waals surface area contributed by atoms with Gasteiger partial charge in [-0.15, -0.1) is 0 Å². The smallest absolute Gasteiger partial charge is 0.346 e. The number of carbonyl (C=O) groups excluding carboxylic acids is 3. The molecule has 0 fully saturated rings. The summed E-state index contributed by atoms with van der Waals surface area (Å²) < 4.78 is 15.8. The molecule has 0 radical (unpaired) electrons. The standard InChI is InChI=1S/C22H23NO6S3/c1-7-14(24)23-13-9-8-11(27-4)10-12(13)15(18(30)22(23,2)3)21-31-16(19(25)28-5)17(32-21)20(26)29-6/h8-10H,7H2,1-6H3. The second-order valence-electron chi connectivity index (χ2n) is 7.36. The Labute approximate surface area is 200 Å². The van der Waals surface area contributed by atoms with Gasteiger partial charge in [0, 0.05) is 17.6 Å². The number of anilines is 1. The van der Waals surface area contributed by atoms with E-state index in [1.807, 2.05) is 26.0 Å². The minimum Gasteiger partial charge on any atom is -0.497 e. The predicted octanol–water partition coefficient (Wildman–Crippen LogP) is 4.31. The van der Waals surface area contributed by atoms with Gasteiger partial charge in [0.2, 0.25) is 5.91 Å². The maximum Gasteiger partial charge on any atom is 0.346 e. The minimum atomic E-state index is -0.813. The van der Waals surface area contributed by atoms with E-state index in [4.69, 9.17) is 26.4 Å². The summed E-state index contributed by atoms with van der Waals surface area (Å²) in [7, 11) is 4.06. The van der Waals surface area contributed by atoms with Gasteiger partial charge in [-0.1, -0.05) is 42.7 Å². The van der Waals surface area contributed by atoms with E-state index in [1.54, 1.807) is 25.0 Å². The molecule has 0 bridgehead atoms. The van der Waals surface area contributed by atoms with Crippen molar-refractivity contribution in [3.8, 4) is 5.75 Å². The summed E-state index contributed by atoms with van der Waals surface area (Å²) in [6.07, 6.45) is 0.313. The van der Waals surface area contributed by atoms with Crippen LogP contribution in [0.2, 0.25) is 0 Å². The molecule has 2 aliphatic rings. The highest BCUT2D eigenvalue weighted by Gasteiger charge is 2.45. The van der Waals surface area contributed by atoms with Crippen LogP contribution >= 0.6 is 35.7 Å². The van der Waals surface area contributed by atoms with Crippen LogP contribution in [0.5, 0.6) is 5.75 Å². The summed E-state index contributed by atoms with van der Waals surface area (Å²) in [5.74, 6) is -0.736. The zero-order valence-corrected chi connectivity index (χ0v) is 21.0. The Morgan fingerprint density at radius 2 is 1.59 bits per heavy atom. The molecule has 2 heterocycles. The average Bonchev–Trinajstić information content (AvgIpc) is 3.23. The number of benzene rings is 1. The van der Waals surface area contributed by atoms with E-state index < -0.39 is 17.5 Å². The second kappa shape index (κ2) is 9.29. The highest BCUT2D eigenvalue weighted by molar-refractivity contribution is 8.29. The van der Waals surface area contributed by atoms with Crippen molar-refractivity contribution in [3.05, 3.63) is 37.8 Å². The van der Waals surface area contributed by atoms with Crippen molar-refractivity contribution in [2.24, 2.45) is 0 Å². The molecule has 0 atom stereocenters. The zero-order chi connectivity index (χ0) is 23.8. The van der Waals surface area contributed by atoms with Crippen LogP contribution in [0.1, 0.15) is 32.8 Å². The molecule has 170 valence electrons. The van der Waals surface area contributed by atoms with E-state index >= 15 is 0 Å². The Kier molecular flexibility index (Phi) is 7.06. The quantitative estimate of drug-likeness (QED) is 0.346. The lowest BCUT2D eigenvalue weighted by Crippen LogP contribution is -2.55. The molecule has 1 aromatic rings. The number of hydrogen-bond acceptors (Lipinski definition) is 9. The Balaban J connectivity index is 2.28. The fourth-order valence-electron chi connectivity index (χ4n) is 3.53. The molecule has 0 aromatic heterocycles. The maximum absolute atomic E-state index is 12.9. The van der Waals surface area contributed by atoms with Crippen molar-refractivity contribution in [3.63, 3.8) is 0 Å². The number of carbonyl (C=O) groups is 3. The van der Waals surface area contributed by atoms with Crippen molar-refractivity contribution >= 4 is 69.7 Å². The third-order valence-electron chi connectivity index (χ3n) is 5.15. The minimum absolute atomic E-state index is 0.0665. The van der Waals surface area contributed by atoms with E-state index in [0.29, 0.717) is 38.1 Å². The number of amides is 1. The molecule has 0 aliphatic carbocycles. The molecule has 7 nitrogen and oxygen atoms in total. The van der Waals surface area contributed by atoms with Crippen molar-refractivity contribution in [2.45, 2.75) is 32.7 Å². The molecule has 0 spiro atoms. The highest BCUT2D eigenvalue weighted by Crippen LogP contribution is 2.56.